The number of likely N-dealkylation sites (N-methyl/N-ethyl adjacent to an activating group) is 1. The van der Waals surface area contributed by atoms with Crippen LogP contribution in [0, 0.1) is 5.92 Å². The van der Waals surface area contributed by atoms with Gasteiger partial charge in [0.05, 0.1) is 13.7 Å². The Hall–Kier alpha value is -0.570. The SMILES string of the molecule is CCC1CCC(N(CC)CC(=O)OC)CC1. The van der Waals surface area contributed by atoms with Gasteiger partial charge in [-0.05, 0) is 38.1 Å². The normalized spacial score (nSPS) is 25.8. The summed E-state index contributed by atoms with van der Waals surface area (Å²) >= 11 is 0. The second-order valence-electron chi connectivity index (χ2n) is 4.72. The summed E-state index contributed by atoms with van der Waals surface area (Å²) in [6, 6.07) is 0.590. The molecular formula is C13H25NO2. The van der Waals surface area contributed by atoms with Crippen LogP contribution in [0.15, 0.2) is 0 Å². The third kappa shape index (κ3) is 3.78. The molecule has 0 saturated heterocycles. The highest BCUT2D eigenvalue weighted by Gasteiger charge is 2.25. The van der Waals surface area contributed by atoms with E-state index in [2.05, 4.69) is 18.7 Å². The Labute approximate surface area is 99.1 Å². The molecule has 0 aliphatic heterocycles. The van der Waals surface area contributed by atoms with Crippen LogP contribution in [0.3, 0.4) is 0 Å². The molecule has 0 amide bonds. The molecule has 0 spiro atoms. The van der Waals surface area contributed by atoms with Gasteiger partial charge >= 0.3 is 5.97 Å². The number of esters is 1. The van der Waals surface area contributed by atoms with Crippen LogP contribution in [0.25, 0.3) is 0 Å². The Bertz CT molecular complexity index is 210. The summed E-state index contributed by atoms with van der Waals surface area (Å²) in [7, 11) is 1.46. The molecule has 0 bridgehead atoms. The lowest BCUT2D eigenvalue weighted by Gasteiger charge is -2.35. The van der Waals surface area contributed by atoms with Crippen LogP contribution in [0.4, 0.5) is 0 Å². The third-order valence-corrected chi connectivity index (χ3v) is 3.88. The van der Waals surface area contributed by atoms with E-state index in [0.29, 0.717) is 12.6 Å². The number of carbonyl (C=O) groups excluding carboxylic acids is 1. The van der Waals surface area contributed by atoms with Crippen LogP contribution in [-0.2, 0) is 9.53 Å². The fourth-order valence-corrected chi connectivity index (χ4v) is 2.65. The Morgan fingerprint density at radius 2 is 1.88 bits per heavy atom. The zero-order valence-electron chi connectivity index (χ0n) is 10.9. The van der Waals surface area contributed by atoms with Gasteiger partial charge in [-0.1, -0.05) is 20.3 Å². The lowest BCUT2D eigenvalue weighted by atomic mass is 9.84. The average molecular weight is 227 g/mol. The molecule has 16 heavy (non-hydrogen) atoms. The highest BCUT2D eigenvalue weighted by Crippen LogP contribution is 2.29. The number of hydrogen-bond donors (Lipinski definition) is 0. The van der Waals surface area contributed by atoms with Crippen LogP contribution in [0.1, 0.15) is 46.0 Å². The van der Waals surface area contributed by atoms with Crippen molar-refractivity contribution in [1.29, 1.82) is 0 Å². The van der Waals surface area contributed by atoms with E-state index in [4.69, 9.17) is 4.74 Å². The molecule has 0 heterocycles. The van der Waals surface area contributed by atoms with Crippen molar-refractivity contribution in [3.05, 3.63) is 0 Å². The molecule has 1 rings (SSSR count). The van der Waals surface area contributed by atoms with Gasteiger partial charge in [0.1, 0.15) is 0 Å². The van der Waals surface area contributed by atoms with Crippen molar-refractivity contribution in [2.45, 2.75) is 52.0 Å². The van der Waals surface area contributed by atoms with Gasteiger partial charge in [-0.3, -0.25) is 9.69 Å². The van der Waals surface area contributed by atoms with Gasteiger partial charge in [-0.15, -0.1) is 0 Å². The Balaban J connectivity index is 2.39. The highest BCUT2D eigenvalue weighted by atomic mass is 16.5. The molecule has 1 aliphatic carbocycles. The summed E-state index contributed by atoms with van der Waals surface area (Å²) in [5.74, 6) is 0.799. The Morgan fingerprint density at radius 3 is 2.31 bits per heavy atom. The number of carbonyl (C=O) groups is 1. The Morgan fingerprint density at radius 1 is 1.25 bits per heavy atom. The van der Waals surface area contributed by atoms with Crippen molar-refractivity contribution in [3.8, 4) is 0 Å². The molecule has 1 saturated carbocycles. The molecule has 0 aromatic rings. The summed E-state index contributed by atoms with van der Waals surface area (Å²) in [5.41, 5.74) is 0. The van der Waals surface area contributed by atoms with Crippen molar-refractivity contribution in [3.63, 3.8) is 0 Å². The van der Waals surface area contributed by atoms with E-state index in [1.54, 1.807) is 0 Å². The summed E-state index contributed by atoms with van der Waals surface area (Å²) in [6.07, 6.45) is 6.42. The molecule has 0 atom stereocenters. The van der Waals surface area contributed by atoms with Crippen LogP contribution >= 0.6 is 0 Å². The highest BCUT2D eigenvalue weighted by molar-refractivity contribution is 5.71. The molecular weight excluding hydrogens is 202 g/mol. The van der Waals surface area contributed by atoms with Gasteiger partial charge in [-0.2, -0.15) is 0 Å². The minimum atomic E-state index is -0.112. The fourth-order valence-electron chi connectivity index (χ4n) is 2.65. The van der Waals surface area contributed by atoms with Gasteiger partial charge in [-0.25, -0.2) is 0 Å². The molecule has 3 heteroatoms. The van der Waals surface area contributed by atoms with E-state index in [9.17, 15) is 4.79 Å². The lowest BCUT2D eigenvalue weighted by Crippen LogP contribution is -2.41. The predicted molar refractivity (Wildman–Crippen MR) is 65.3 cm³/mol. The first kappa shape index (κ1) is 13.5. The van der Waals surface area contributed by atoms with E-state index >= 15 is 0 Å². The van der Waals surface area contributed by atoms with Crippen LogP contribution in [0.2, 0.25) is 0 Å². The second kappa shape index (κ2) is 6.89. The van der Waals surface area contributed by atoms with Crippen LogP contribution in [-0.4, -0.2) is 37.1 Å². The van der Waals surface area contributed by atoms with Gasteiger partial charge < -0.3 is 4.74 Å². The zero-order chi connectivity index (χ0) is 12.0. The summed E-state index contributed by atoms with van der Waals surface area (Å²) in [5, 5.41) is 0. The molecule has 3 nitrogen and oxygen atoms in total. The number of nitrogens with zero attached hydrogens (tertiary/aromatic N) is 1. The molecule has 1 aliphatic rings. The molecule has 94 valence electrons. The first-order valence-electron chi connectivity index (χ1n) is 6.52. The number of ether oxygens (including phenoxy) is 1. The number of rotatable bonds is 5. The van der Waals surface area contributed by atoms with Crippen LogP contribution in [0.5, 0.6) is 0 Å². The van der Waals surface area contributed by atoms with Gasteiger partial charge in [0, 0.05) is 6.04 Å². The van der Waals surface area contributed by atoms with Crippen molar-refractivity contribution in [2.24, 2.45) is 5.92 Å². The lowest BCUT2D eigenvalue weighted by molar-refractivity contribution is -0.142. The maximum Gasteiger partial charge on any atom is 0.319 e. The molecule has 0 radical (unpaired) electrons. The average Bonchev–Trinajstić information content (AvgIpc) is 2.35. The molecule has 1 fully saturated rings. The minimum absolute atomic E-state index is 0.112. The maximum absolute atomic E-state index is 11.3. The molecule has 0 unspecified atom stereocenters. The van der Waals surface area contributed by atoms with E-state index in [0.717, 1.165) is 12.5 Å². The smallest absolute Gasteiger partial charge is 0.319 e. The minimum Gasteiger partial charge on any atom is -0.468 e. The van der Waals surface area contributed by atoms with Crippen molar-refractivity contribution in [2.75, 3.05) is 20.2 Å². The number of methoxy groups -OCH3 is 1. The zero-order valence-corrected chi connectivity index (χ0v) is 10.9. The quantitative estimate of drug-likeness (QED) is 0.676. The largest absolute Gasteiger partial charge is 0.468 e. The standard InChI is InChI=1S/C13H25NO2/c1-4-11-6-8-12(9-7-11)14(5-2)10-13(15)16-3/h11-12H,4-10H2,1-3H3. The summed E-state index contributed by atoms with van der Waals surface area (Å²) in [6.45, 7) is 5.79. The van der Waals surface area contributed by atoms with E-state index < -0.39 is 0 Å². The van der Waals surface area contributed by atoms with E-state index in [1.807, 2.05) is 0 Å². The monoisotopic (exact) mass is 227 g/mol. The van der Waals surface area contributed by atoms with Gasteiger partial charge in [0.2, 0.25) is 0 Å². The Kier molecular flexibility index (Phi) is 5.81. The topological polar surface area (TPSA) is 29.5 Å². The predicted octanol–water partition coefficient (Wildman–Crippen LogP) is 2.45. The van der Waals surface area contributed by atoms with Crippen molar-refractivity contribution in [1.82, 2.24) is 4.90 Å². The van der Waals surface area contributed by atoms with E-state index in [-0.39, 0.29) is 5.97 Å². The van der Waals surface area contributed by atoms with Crippen molar-refractivity contribution < 1.29 is 9.53 Å². The maximum atomic E-state index is 11.3. The van der Waals surface area contributed by atoms with Gasteiger partial charge in [0.25, 0.3) is 0 Å². The molecule has 0 N–H and O–H groups in total. The second-order valence-corrected chi connectivity index (χ2v) is 4.72. The van der Waals surface area contributed by atoms with Crippen LogP contribution < -0.4 is 0 Å². The van der Waals surface area contributed by atoms with E-state index in [1.165, 1.54) is 39.2 Å². The number of hydrogen-bond acceptors (Lipinski definition) is 3. The summed E-state index contributed by atoms with van der Waals surface area (Å²) < 4.78 is 4.74. The first-order chi connectivity index (χ1) is 7.71. The summed E-state index contributed by atoms with van der Waals surface area (Å²) in [4.78, 5) is 13.5. The molecule has 0 aromatic heterocycles. The molecule has 0 aromatic carbocycles. The first-order valence-corrected chi connectivity index (χ1v) is 6.52. The van der Waals surface area contributed by atoms with Crippen molar-refractivity contribution >= 4 is 5.97 Å². The third-order valence-electron chi connectivity index (χ3n) is 3.88. The van der Waals surface area contributed by atoms with Gasteiger partial charge in [0.15, 0.2) is 0 Å². The fraction of sp³-hybridized carbons (Fsp3) is 0.923.